The van der Waals surface area contributed by atoms with Gasteiger partial charge < -0.3 is 10.1 Å². The molecule has 2 aromatic rings. The Morgan fingerprint density at radius 1 is 1.40 bits per heavy atom. The molecule has 0 saturated carbocycles. The number of thiophene rings is 1. The van der Waals surface area contributed by atoms with Gasteiger partial charge in [0.15, 0.2) is 5.13 Å². The number of ether oxygens (including phenoxy) is 1. The first-order valence-electron chi connectivity index (χ1n) is 7.25. The van der Waals surface area contributed by atoms with E-state index >= 15 is 0 Å². The number of esters is 1. The van der Waals surface area contributed by atoms with Gasteiger partial charge >= 0.3 is 5.97 Å². The number of fused-ring (bicyclic) bond motifs is 1. The van der Waals surface area contributed by atoms with Crippen molar-refractivity contribution in [2.75, 3.05) is 19.0 Å². The average molecular weight is 401 g/mol. The standard InChI is InChI=1S/C14H15N3O5S3/c1-8(18)15-14-16-9-3-5-17(7-10(9)24-14)25(20,21)11-4-6-23-12(11)13(19)22-2/h4,6H,3,5,7H2,1-2H3,(H,15,16,18). The summed E-state index contributed by atoms with van der Waals surface area (Å²) in [6.45, 7) is 1.81. The molecular weight excluding hydrogens is 386 g/mol. The highest BCUT2D eigenvalue weighted by Crippen LogP contribution is 2.33. The van der Waals surface area contributed by atoms with Crippen LogP contribution in [0.25, 0.3) is 0 Å². The van der Waals surface area contributed by atoms with Gasteiger partial charge in [0.2, 0.25) is 15.9 Å². The molecule has 0 spiro atoms. The van der Waals surface area contributed by atoms with E-state index in [1.165, 1.54) is 35.7 Å². The summed E-state index contributed by atoms with van der Waals surface area (Å²) in [6, 6.07) is 1.41. The molecule has 0 aliphatic carbocycles. The van der Waals surface area contributed by atoms with Crippen molar-refractivity contribution in [2.24, 2.45) is 0 Å². The molecule has 0 unspecified atom stereocenters. The van der Waals surface area contributed by atoms with Gasteiger partial charge in [-0.3, -0.25) is 4.79 Å². The van der Waals surface area contributed by atoms with E-state index in [1.807, 2.05) is 0 Å². The lowest BCUT2D eigenvalue weighted by molar-refractivity contribution is -0.114. The molecule has 1 aliphatic heterocycles. The van der Waals surface area contributed by atoms with Crippen molar-refractivity contribution in [2.45, 2.75) is 24.8 Å². The molecule has 0 bridgehead atoms. The number of carbonyl (C=O) groups excluding carboxylic acids is 2. The lowest BCUT2D eigenvalue weighted by Crippen LogP contribution is -2.36. The van der Waals surface area contributed by atoms with Gasteiger partial charge in [-0.25, -0.2) is 18.2 Å². The van der Waals surface area contributed by atoms with Crippen LogP contribution >= 0.6 is 22.7 Å². The molecule has 11 heteroatoms. The zero-order chi connectivity index (χ0) is 18.2. The molecule has 1 aliphatic rings. The number of hydrogen-bond donors (Lipinski definition) is 1. The van der Waals surface area contributed by atoms with Crippen molar-refractivity contribution in [3.8, 4) is 0 Å². The van der Waals surface area contributed by atoms with Gasteiger partial charge in [0, 0.05) is 24.8 Å². The number of methoxy groups -OCH3 is 1. The highest BCUT2D eigenvalue weighted by molar-refractivity contribution is 7.89. The number of nitrogens with zero attached hydrogens (tertiary/aromatic N) is 2. The van der Waals surface area contributed by atoms with Gasteiger partial charge in [0.1, 0.15) is 9.77 Å². The smallest absolute Gasteiger partial charge is 0.349 e. The fourth-order valence-corrected chi connectivity index (χ4v) is 6.33. The van der Waals surface area contributed by atoms with Gasteiger partial charge in [-0.15, -0.1) is 22.7 Å². The van der Waals surface area contributed by atoms with Crippen LogP contribution < -0.4 is 5.32 Å². The van der Waals surface area contributed by atoms with Crippen molar-refractivity contribution < 1.29 is 22.7 Å². The summed E-state index contributed by atoms with van der Waals surface area (Å²) < 4.78 is 31.8. The third-order valence-corrected chi connectivity index (χ3v) is 7.51. The molecule has 0 radical (unpaired) electrons. The number of aromatic nitrogens is 1. The van der Waals surface area contributed by atoms with Crippen LogP contribution in [0, 0.1) is 0 Å². The summed E-state index contributed by atoms with van der Waals surface area (Å²) >= 11 is 2.29. The molecule has 0 atom stereocenters. The monoisotopic (exact) mass is 401 g/mol. The SMILES string of the molecule is COC(=O)c1sccc1S(=O)(=O)N1CCc2nc(NC(C)=O)sc2C1. The van der Waals surface area contributed by atoms with E-state index in [1.54, 1.807) is 5.38 Å². The lowest BCUT2D eigenvalue weighted by Gasteiger charge is -2.25. The highest BCUT2D eigenvalue weighted by Gasteiger charge is 2.34. The minimum atomic E-state index is -3.83. The highest BCUT2D eigenvalue weighted by atomic mass is 32.2. The second-order valence-electron chi connectivity index (χ2n) is 5.26. The Bertz CT molecular complexity index is 931. The number of thiazole rings is 1. The molecule has 0 saturated heterocycles. The Labute approximate surface area is 152 Å². The number of anilines is 1. The van der Waals surface area contributed by atoms with E-state index < -0.39 is 16.0 Å². The number of nitrogens with one attached hydrogen (secondary N) is 1. The van der Waals surface area contributed by atoms with E-state index in [2.05, 4.69) is 15.0 Å². The Kier molecular flexibility index (Phi) is 4.91. The molecule has 0 fully saturated rings. The summed E-state index contributed by atoms with van der Waals surface area (Å²) in [7, 11) is -2.61. The van der Waals surface area contributed by atoms with Crippen LogP contribution in [-0.4, -0.2) is 43.2 Å². The van der Waals surface area contributed by atoms with Crippen molar-refractivity contribution in [1.29, 1.82) is 0 Å². The maximum Gasteiger partial charge on any atom is 0.349 e. The first kappa shape index (κ1) is 18.0. The summed E-state index contributed by atoms with van der Waals surface area (Å²) in [5.74, 6) is -0.895. The first-order chi connectivity index (χ1) is 11.8. The second kappa shape index (κ2) is 6.83. The van der Waals surface area contributed by atoms with Gasteiger partial charge in [-0.2, -0.15) is 4.31 Å². The minimum absolute atomic E-state index is 0.0422. The topological polar surface area (TPSA) is 106 Å². The van der Waals surface area contributed by atoms with Gasteiger partial charge in [0.05, 0.1) is 19.3 Å². The molecular formula is C14H15N3O5S3. The van der Waals surface area contributed by atoms with E-state index in [4.69, 9.17) is 0 Å². The Balaban J connectivity index is 1.88. The molecule has 8 nitrogen and oxygen atoms in total. The molecule has 3 rings (SSSR count). The van der Waals surface area contributed by atoms with Crippen LogP contribution in [0.2, 0.25) is 0 Å². The van der Waals surface area contributed by atoms with Crippen molar-refractivity contribution >= 4 is 49.7 Å². The largest absolute Gasteiger partial charge is 0.465 e. The molecule has 2 aromatic heterocycles. The molecule has 3 heterocycles. The minimum Gasteiger partial charge on any atom is -0.465 e. The predicted molar refractivity (Wildman–Crippen MR) is 93.4 cm³/mol. The van der Waals surface area contributed by atoms with Gasteiger partial charge in [0.25, 0.3) is 0 Å². The summed E-state index contributed by atoms with van der Waals surface area (Å²) in [5, 5.41) is 4.63. The van der Waals surface area contributed by atoms with Crippen LogP contribution in [0.3, 0.4) is 0 Å². The number of sulfonamides is 1. The maximum absolute atomic E-state index is 12.9. The van der Waals surface area contributed by atoms with Crippen LogP contribution in [0.5, 0.6) is 0 Å². The quantitative estimate of drug-likeness (QED) is 0.782. The zero-order valence-corrected chi connectivity index (χ0v) is 15.9. The van der Waals surface area contributed by atoms with Crippen LogP contribution in [-0.2, 0) is 32.5 Å². The number of hydrogen-bond acceptors (Lipinski definition) is 8. The molecule has 25 heavy (non-hydrogen) atoms. The van der Waals surface area contributed by atoms with Crippen LogP contribution in [0.1, 0.15) is 27.2 Å². The zero-order valence-electron chi connectivity index (χ0n) is 13.4. The van der Waals surface area contributed by atoms with E-state index in [0.29, 0.717) is 11.6 Å². The molecule has 1 N–H and O–H groups in total. The van der Waals surface area contributed by atoms with E-state index in [0.717, 1.165) is 21.9 Å². The van der Waals surface area contributed by atoms with E-state index in [9.17, 15) is 18.0 Å². The molecule has 134 valence electrons. The number of rotatable bonds is 4. The second-order valence-corrected chi connectivity index (χ2v) is 9.17. The predicted octanol–water partition coefficient (Wildman–Crippen LogP) is 1.70. The summed E-state index contributed by atoms with van der Waals surface area (Å²) in [6.07, 6.45) is 0.447. The number of carbonyl (C=O) groups is 2. The maximum atomic E-state index is 12.9. The van der Waals surface area contributed by atoms with Crippen molar-refractivity contribution in [1.82, 2.24) is 9.29 Å². The van der Waals surface area contributed by atoms with Gasteiger partial charge in [-0.1, -0.05) is 0 Å². The van der Waals surface area contributed by atoms with Crippen molar-refractivity contribution in [3.63, 3.8) is 0 Å². The Morgan fingerprint density at radius 3 is 2.84 bits per heavy atom. The summed E-state index contributed by atoms with van der Waals surface area (Å²) in [5.41, 5.74) is 0.790. The molecule has 0 aromatic carbocycles. The third kappa shape index (κ3) is 3.45. The first-order valence-corrected chi connectivity index (χ1v) is 10.4. The van der Waals surface area contributed by atoms with Crippen molar-refractivity contribution in [3.05, 3.63) is 26.9 Å². The lowest BCUT2D eigenvalue weighted by atomic mass is 10.2. The van der Waals surface area contributed by atoms with E-state index in [-0.39, 0.29) is 28.8 Å². The average Bonchev–Trinajstić information content (AvgIpc) is 3.19. The van der Waals surface area contributed by atoms with Gasteiger partial charge in [-0.05, 0) is 11.4 Å². The fourth-order valence-electron chi connectivity index (χ4n) is 2.46. The molecule has 1 amide bonds. The van der Waals surface area contributed by atoms with Crippen LogP contribution in [0.15, 0.2) is 16.3 Å². The fraction of sp³-hybridized carbons (Fsp3) is 0.357. The third-order valence-electron chi connectivity index (χ3n) is 3.60. The van der Waals surface area contributed by atoms with Crippen LogP contribution in [0.4, 0.5) is 5.13 Å². The Hall–Kier alpha value is -1.82. The number of amides is 1. The summed E-state index contributed by atoms with van der Waals surface area (Å²) in [4.78, 5) is 28.1. The normalized spacial score (nSPS) is 14.8. The Morgan fingerprint density at radius 2 is 2.16 bits per heavy atom.